The minimum atomic E-state index is -3.87. The van der Waals surface area contributed by atoms with Crippen LogP contribution in [0.25, 0.3) is 0 Å². The van der Waals surface area contributed by atoms with Crippen molar-refractivity contribution in [2.75, 3.05) is 0 Å². The number of sulfone groups is 1. The first-order valence-electron chi connectivity index (χ1n) is 9.59. The van der Waals surface area contributed by atoms with Crippen LogP contribution in [0, 0.1) is 18.8 Å². The highest BCUT2D eigenvalue weighted by Crippen LogP contribution is 2.43. The Morgan fingerprint density at radius 1 is 0.929 bits per heavy atom. The fourth-order valence-corrected chi connectivity index (χ4v) is 6.45. The van der Waals surface area contributed by atoms with Crippen molar-refractivity contribution >= 4 is 21.7 Å². The van der Waals surface area contributed by atoms with Gasteiger partial charge in [-0.3, -0.25) is 14.5 Å². The van der Waals surface area contributed by atoms with Crippen LogP contribution < -0.4 is 0 Å². The standard InChI is InChI=1S/C22H23NO4S/c1-15-10-12-17(13-11-15)28(26,27)20-18-8-5-9-19(18)21(24)23(22(20)25)14-16-6-3-2-4-7-16/h2-4,6-7,10-13,18-20H,5,8-9,14H2,1H3/t18-,19+,20+/m1/s1. The van der Waals surface area contributed by atoms with Gasteiger partial charge in [0, 0.05) is 5.92 Å². The Labute approximate surface area is 165 Å². The minimum Gasteiger partial charge on any atom is -0.277 e. The van der Waals surface area contributed by atoms with Crippen molar-refractivity contribution in [1.82, 2.24) is 4.90 Å². The molecular weight excluding hydrogens is 374 g/mol. The van der Waals surface area contributed by atoms with Gasteiger partial charge in [0.2, 0.25) is 11.8 Å². The fraction of sp³-hybridized carbons (Fsp3) is 0.364. The molecular formula is C22H23NO4S. The normalized spacial score (nSPS) is 25.0. The molecule has 28 heavy (non-hydrogen) atoms. The maximum atomic E-state index is 13.4. The van der Waals surface area contributed by atoms with Gasteiger partial charge >= 0.3 is 0 Å². The molecule has 1 aliphatic heterocycles. The first kappa shape index (κ1) is 18.9. The van der Waals surface area contributed by atoms with E-state index in [1.165, 1.54) is 0 Å². The maximum absolute atomic E-state index is 13.4. The largest absolute Gasteiger partial charge is 0.277 e. The van der Waals surface area contributed by atoms with Gasteiger partial charge in [-0.05, 0) is 43.4 Å². The number of nitrogens with zero attached hydrogens (tertiary/aromatic N) is 1. The van der Waals surface area contributed by atoms with Crippen LogP contribution in [0.5, 0.6) is 0 Å². The van der Waals surface area contributed by atoms with E-state index in [-0.39, 0.29) is 17.3 Å². The van der Waals surface area contributed by atoms with Crippen LogP contribution in [-0.2, 0) is 26.0 Å². The van der Waals surface area contributed by atoms with E-state index < -0.39 is 32.8 Å². The first-order chi connectivity index (χ1) is 13.4. The number of imide groups is 1. The molecule has 1 aliphatic carbocycles. The summed E-state index contributed by atoms with van der Waals surface area (Å²) in [6.45, 7) is 2.00. The Bertz CT molecular complexity index is 999. The molecule has 0 unspecified atom stereocenters. The number of aryl methyl sites for hydroxylation is 1. The van der Waals surface area contributed by atoms with E-state index in [1.807, 2.05) is 37.3 Å². The summed E-state index contributed by atoms with van der Waals surface area (Å²) in [4.78, 5) is 27.6. The monoisotopic (exact) mass is 397 g/mol. The predicted octanol–water partition coefficient (Wildman–Crippen LogP) is 3.12. The molecule has 2 aromatic rings. The lowest BCUT2D eigenvalue weighted by Crippen LogP contribution is -2.57. The second kappa shape index (κ2) is 7.17. The number of likely N-dealkylation sites (tertiary alicyclic amines) is 1. The van der Waals surface area contributed by atoms with Crippen LogP contribution >= 0.6 is 0 Å². The minimum absolute atomic E-state index is 0.113. The van der Waals surface area contributed by atoms with Gasteiger partial charge in [-0.15, -0.1) is 0 Å². The summed E-state index contributed by atoms with van der Waals surface area (Å²) in [5, 5.41) is -1.19. The van der Waals surface area contributed by atoms with Crippen LogP contribution in [0.4, 0.5) is 0 Å². The Morgan fingerprint density at radius 3 is 2.29 bits per heavy atom. The zero-order valence-corrected chi connectivity index (χ0v) is 16.6. The van der Waals surface area contributed by atoms with Crippen molar-refractivity contribution in [3.05, 3.63) is 65.7 Å². The first-order valence-corrected chi connectivity index (χ1v) is 11.1. The number of hydrogen-bond acceptors (Lipinski definition) is 4. The van der Waals surface area contributed by atoms with E-state index in [1.54, 1.807) is 24.3 Å². The molecule has 1 saturated heterocycles. The van der Waals surface area contributed by atoms with Crippen molar-refractivity contribution in [2.24, 2.45) is 11.8 Å². The van der Waals surface area contributed by atoms with Crippen molar-refractivity contribution in [3.8, 4) is 0 Å². The highest BCUT2D eigenvalue weighted by molar-refractivity contribution is 7.92. The molecule has 0 spiro atoms. The van der Waals surface area contributed by atoms with Gasteiger partial charge < -0.3 is 0 Å². The zero-order chi connectivity index (χ0) is 19.9. The predicted molar refractivity (Wildman–Crippen MR) is 105 cm³/mol. The average Bonchev–Trinajstić information content (AvgIpc) is 3.15. The van der Waals surface area contributed by atoms with E-state index in [9.17, 15) is 18.0 Å². The van der Waals surface area contributed by atoms with Crippen LogP contribution in [0.1, 0.15) is 30.4 Å². The quantitative estimate of drug-likeness (QED) is 0.743. The van der Waals surface area contributed by atoms with Crippen molar-refractivity contribution in [3.63, 3.8) is 0 Å². The summed E-state index contributed by atoms with van der Waals surface area (Å²) in [5.41, 5.74) is 1.76. The summed E-state index contributed by atoms with van der Waals surface area (Å²) in [6.07, 6.45) is 2.01. The highest BCUT2D eigenvalue weighted by atomic mass is 32.2. The molecule has 0 N–H and O–H groups in total. The Balaban J connectivity index is 1.74. The molecule has 2 aromatic carbocycles. The molecule has 2 aliphatic rings. The van der Waals surface area contributed by atoms with E-state index in [0.29, 0.717) is 12.8 Å². The number of amides is 2. The molecule has 5 nitrogen and oxygen atoms in total. The molecule has 1 saturated carbocycles. The van der Waals surface area contributed by atoms with Crippen LogP contribution in [0.3, 0.4) is 0 Å². The van der Waals surface area contributed by atoms with Crippen molar-refractivity contribution < 1.29 is 18.0 Å². The fourth-order valence-electron chi connectivity index (χ4n) is 4.46. The molecule has 0 bridgehead atoms. The number of benzene rings is 2. The Morgan fingerprint density at radius 2 is 1.61 bits per heavy atom. The van der Waals surface area contributed by atoms with Gasteiger partial charge in [0.05, 0.1) is 11.4 Å². The number of rotatable bonds is 4. The second-order valence-corrected chi connectivity index (χ2v) is 9.80. The third-order valence-corrected chi connectivity index (χ3v) is 8.07. The van der Waals surface area contributed by atoms with Gasteiger partial charge in [0.15, 0.2) is 9.84 Å². The summed E-state index contributed by atoms with van der Waals surface area (Å²) >= 11 is 0. The lowest BCUT2D eigenvalue weighted by molar-refractivity contribution is -0.154. The van der Waals surface area contributed by atoms with E-state index in [4.69, 9.17) is 0 Å². The molecule has 4 rings (SSSR count). The Kier molecular flexibility index (Phi) is 4.83. The number of piperidine rings is 1. The summed E-state index contributed by atoms with van der Waals surface area (Å²) in [7, 11) is -3.87. The van der Waals surface area contributed by atoms with Gasteiger partial charge in [-0.1, -0.05) is 54.4 Å². The number of carbonyl (C=O) groups excluding carboxylic acids is 2. The average molecular weight is 397 g/mol. The van der Waals surface area contributed by atoms with E-state index in [2.05, 4.69) is 0 Å². The van der Waals surface area contributed by atoms with Crippen molar-refractivity contribution in [1.29, 1.82) is 0 Å². The smallest absolute Gasteiger partial charge is 0.248 e. The molecule has 1 heterocycles. The molecule has 2 fully saturated rings. The second-order valence-electron chi connectivity index (χ2n) is 7.73. The van der Waals surface area contributed by atoms with Gasteiger partial charge in [0.1, 0.15) is 5.25 Å². The maximum Gasteiger partial charge on any atom is 0.248 e. The number of fused-ring (bicyclic) bond motifs is 1. The topological polar surface area (TPSA) is 71.5 Å². The zero-order valence-electron chi connectivity index (χ0n) is 15.7. The lowest BCUT2D eigenvalue weighted by atomic mass is 9.86. The third-order valence-electron chi connectivity index (χ3n) is 5.92. The van der Waals surface area contributed by atoms with Gasteiger partial charge in [0.25, 0.3) is 0 Å². The van der Waals surface area contributed by atoms with Crippen molar-refractivity contribution in [2.45, 2.75) is 42.9 Å². The highest BCUT2D eigenvalue weighted by Gasteiger charge is 2.55. The number of carbonyl (C=O) groups is 2. The summed E-state index contributed by atoms with van der Waals surface area (Å²) in [6, 6.07) is 15.8. The molecule has 0 aromatic heterocycles. The molecule has 0 radical (unpaired) electrons. The molecule has 146 valence electrons. The van der Waals surface area contributed by atoms with Gasteiger partial charge in [-0.2, -0.15) is 0 Å². The van der Waals surface area contributed by atoms with Crippen LogP contribution in [-0.4, -0.2) is 30.4 Å². The SMILES string of the molecule is Cc1ccc(S(=O)(=O)[C@@H]2C(=O)N(Cc3ccccc3)C(=O)[C@H]3CCC[C@H]32)cc1. The lowest BCUT2D eigenvalue weighted by Gasteiger charge is -2.38. The number of hydrogen-bond donors (Lipinski definition) is 0. The molecule has 6 heteroatoms. The van der Waals surface area contributed by atoms with E-state index in [0.717, 1.165) is 22.4 Å². The van der Waals surface area contributed by atoms with Crippen LogP contribution in [0.15, 0.2) is 59.5 Å². The van der Waals surface area contributed by atoms with Crippen LogP contribution in [0.2, 0.25) is 0 Å². The Hall–Kier alpha value is -2.47. The summed E-state index contributed by atoms with van der Waals surface area (Å²) in [5.74, 6) is -1.64. The third kappa shape index (κ3) is 3.15. The molecule has 3 atom stereocenters. The van der Waals surface area contributed by atoms with Gasteiger partial charge in [-0.25, -0.2) is 8.42 Å². The molecule has 2 amide bonds. The van der Waals surface area contributed by atoms with E-state index >= 15 is 0 Å². The summed E-state index contributed by atoms with van der Waals surface area (Å²) < 4.78 is 26.8.